The van der Waals surface area contributed by atoms with Gasteiger partial charge in [-0.15, -0.1) is 0 Å². The molecule has 0 bridgehead atoms. The van der Waals surface area contributed by atoms with Crippen LogP contribution in [-0.2, 0) is 0 Å². The SMILES string of the molecule is Cc1cc(C)cc(N(C)C2(CN)CC(C)C2)c1. The molecule has 0 amide bonds. The van der Waals surface area contributed by atoms with Crippen molar-refractivity contribution >= 4 is 5.69 Å². The van der Waals surface area contributed by atoms with Crippen LogP contribution in [0.5, 0.6) is 0 Å². The summed E-state index contributed by atoms with van der Waals surface area (Å²) in [5.74, 6) is 0.812. The Morgan fingerprint density at radius 3 is 2.18 bits per heavy atom. The minimum atomic E-state index is 0.194. The maximum atomic E-state index is 6.00. The molecule has 0 radical (unpaired) electrons. The van der Waals surface area contributed by atoms with Gasteiger partial charge in [-0.25, -0.2) is 0 Å². The highest BCUT2D eigenvalue weighted by molar-refractivity contribution is 5.53. The number of aryl methyl sites for hydroxylation is 2. The molecule has 1 fully saturated rings. The van der Waals surface area contributed by atoms with E-state index in [-0.39, 0.29) is 5.54 Å². The van der Waals surface area contributed by atoms with Gasteiger partial charge in [-0.2, -0.15) is 0 Å². The summed E-state index contributed by atoms with van der Waals surface area (Å²) in [6.45, 7) is 7.37. The topological polar surface area (TPSA) is 29.3 Å². The van der Waals surface area contributed by atoms with Crippen molar-refractivity contribution in [3.63, 3.8) is 0 Å². The smallest absolute Gasteiger partial charge is 0.0526 e. The van der Waals surface area contributed by atoms with E-state index in [2.05, 4.69) is 50.9 Å². The van der Waals surface area contributed by atoms with Crippen LogP contribution in [0.25, 0.3) is 0 Å². The van der Waals surface area contributed by atoms with E-state index in [4.69, 9.17) is 5.73 Å². The zero-order chi connectivity index (χ0) is 12.6. The lowest BCUT2D eigenvalue weighted by Crippen LogP contribution is -2.60. The fourth-order valence-electron chi connectivity index (χ4n) is 3.23. The summed E-state index contributed by atoms with van der Waals surface area (Å²) in [7, 11) is 2.19. The number of hydrogen-bond acceptors (Lipinski definition) is 2. The number of hydrogen-bond donors (Lipinski definition) is 1. The van der Waals surface area contributed by atoms with Crippen molar-refractivity contribution < 1.29 is 0 Å². The van der Waals surface area contributed by atoms with E-state index in [0.717, 1.165) is 12.5 Å². The minimum Gasteiger partial charge on any atom is -0.368 e. The molecule has 1 aliphatic carbocycles. The maximum Gasteiger partial charge on any atom is 0.0526 e. The minimum absolute atomic E-state index is 0.194. The summed E-state index contributed by atoms with van der Waals surface area (Å²) >= 11 is 0. The predicted octanol–water partition coefficient (Wildman–Crippen LogP) is 2.87. The number of likely N-dealkylation sites (N-methyl/N-ethyl adjacent to an activating group) is 1. The van der Waals surface area contributed by atoms with Gasteiger partial charge < -0.3 is 10.6 Å². The van der Waals surface area contributed by atoms with Crippen molar-refractivity contribution in [2.45, 2.75) is 39.2 Å². The third-order valence-electron chi connectivity index (χ3n) is 4.14. The highest BCUT2D eigenvalue weighted by Crippen LogP contribution is 2.43. The third-order valence-corrected chi connectivity index (χ3v) is 4.14. The predicted molar refractivity (Wildman–Crippen MR) is 74.5 cm³/mol. The first kappa shape index (κ1) is 12.4. The van der Waals surface area contributed by atoms with Crippen molar-refractivity contribution in [3.05, 3.63) is 29.3 Å². The van der Waals surface area contributed by atoms with Crippen LogP contribution in [0.15, 0.2) is 18.2 Å². The average molecular weight is 232 g/mol. The Kier molecular flexibility index (Phi) is 3.17. The lowest BCUT2D eigenvalue weighted by molar-refractivity contribution is 0.163. The van der Waals surface area contributed by atoms with Gasteiger partial charge in [0.05, 0.1) is 5.54 Å². The number of nitrogens with zero attached hydrogens (tertiary/aromatic N) is 1. The molecule has 0 spiro atoms. The molecule has 1 saturated carbocycles. The zero-order valence-corrected chi connectivity index (χ0v) is 11.5. The molecule has 0 atom stereocenters. The Balaban J connectivity index is 2.27. The van der Waals surface area contributed by atoms with Crippen LogP contribution < -0.4 is 10.6 Å². The molecule has 0 unspecified atom stereocenters. The maximum absolute atomic E-state index is 6.00. The summed E-state index contributed by atoms with van der Waals surface area (Å²) in [4.78, 5) is 2.40. The number of anilines is 1. The Morgan fingerprint density at radius 1 is 1.24 bits per heavy atom. The largest absolute Gasteiger partial charge is 0.368 e. The molecule has 1 aliphatic rings. The van der Waals surface area contributed by atoms with Gasteiger partial charge in [0.1, 0.15) is 0 Å². The van der Waals surface area contributed by atoms with E-state index in [1.807, 2.05) is 0 Å². The standard InChI is InChI=1S/C15H24N2/c1-11-5-12(2)7-14(6-11)17(4)15(10-16)8-13(3)9-15/h5-7,13H,8-10,16H2,1-4H3. The third kappa shape index (κ3) is 2.19. The summed E-state index contributed by atoms with van der Waals surface area (Å²) in [6.07, 6.45) is 2.43. The summed E-state index contributed by atoms with van der Waals surface area (Å²) in [5.41, 5.74) is 10.2. The van der Waals surface area contributed by atoms with Gasteiger partial charge in [-0.1, -0.05) is 13.0 Å². The molecular formula is C15H24N2. The lowest BCUT2D eigenvalue weighted by Gasteiger charge is -2.53. The number of rotatable bonds is 3. The van der Waals surface area contributed by atoms with E-state index in [1.165, 1.54) is 29.7 Å². The summed E-state index contributed by atoms with van der Waals surface area (Å²) < 4.78 is 0. The molecule has 1 aromatic carbocycles. The molecule has 0 aromatic heterocycles. The van der Waals surface area contributed by atoms with Crippen LogP contribution >= 0.6 is 0 Å². The van der Waals surface area contributed by atoms with Crippen LogP contribution in [0.3, 0.4) is 0 Å². The van der Waals surface area contributed by atoms with Gasteiger partial charge in [0.2, 0.25) is 0 Å². The molecule has 17 heavy (non-hydrogen) atoms. The van der Waals surface area contributed by atoms with Crippen molar-refractivity contribution in [2.24, 2.45) is 11.7 Å². The van der Waals surface area contributed by atoms with Crippen LogP contribution in [0.4, 0.5) is 5.69 Å². The zero-order valence-electron chi connectivity index (χ0n) is 11.5. The first-order valence-corrected chi connectivity index (χ1v) is 6.49. The summed E-state index contributed by atoms with van der Waals surface area (Å²) in [5, 5.41) is 0. The fourth-order valence-corrected chi connectivity index (χ4v) is 3.23. The van der Waals surface area contributed by atoms with Crippen molar-refractivity contribution in [1.29, 1.82) is 0 Å². The first-order valence-electron chi connectivity index (χ1n) is 6.49. The Hall–Kier alpha value is -1.02. The molecule has 0 heterocycles. The second-order valence-electron chi connectivity index (χ2n) is 5.85. The van der Waals surface area contributed by atoms with Crippen molar-refractivity contribution in [1.82, 2.24) is 0 Å². The highest BCUT2D eigenvalue weighted by atomic mass is 15.2. The van der Waals surface area contributed by atoms with Gasteiger partial charge >= 0.3 is 0 Å². The molecule has 2 N–H and O–H groups in total. The van der Waals surface area contributed by atoms with Gasteiger partial charge in [0.25, 0.3) is 0 Å². The van der Waals surface area contributed by atoms with Gasteiger partial charge in [0.15, 0.2) is 0 Å². The Labute approximate surface area is 105 Å². The van der Waals surface area contributed by atoms with E-state index in [1.54, 1.807) is 0 Å². The highest BCUT2D eigenvalue weighted by Gasteiger charge is 2.44. The first-order chi connectivity index (χ1) is 7.97. The van der Waals surface area contributed by atoms with Gasteiger partial charge in [-0.3, -0.25) is 0 Å². The van der Waals surface area contributed by atoms with Crippen LogP contribution in [0, 0.1) is 19.8 Å². The van der Waals surface area contributed by atoms with E-state index >= 15 is 0 Å². The number of nitrogens with two attached hydrogens (primary N) is 1. The molecule has 1 aromatic rings. The molecule has 0 saturated heterocycles. The normalized spacial score (nSPS) is 27.7. The van der Waals surface area contributed by atoms with Crippen LogP contribution in [0.1, 0.15) is 30.9 Å². The van der Waals surface area contributed by atoms with Crippen molar-refractivity contribution in [2.75, 3.05) is 18.5 Å². The quantitative estimate of drug-likeness (QED) is 0.868. The van der Waals surface area contributed by atoms with Crippen molar-refractivity contribution in [3.8, 4) is 0 Å². The molecule has 2 heteroatoms. The molecule has 2 nitrogen and oxygen atoms in total. The van der Waals surface area contributed by atoms with Gasteiger partial charge in [-0.05, 0) is 55.9 Å². The van der Waals surface area contributed by atoms with Crippen LogP contribution in [-0.4, -0.2) is 19.1 Å². The molecule has 0 aliphatic heterocycles. The second kappa shape index (κ2) is 4.34. The molecule has 2 rings (SSSR count). The van der Waals surface area contributed by atoms with Crippen LogP contribution in [0.2, 0.25) is 0 Å². The van der Waals surface area contributed by atoms with E-state index in [0.29, 0.717) is 0 Å². The van der Waals surface area contributed by atoms with E-state index < -0.39 is 0 Å². The monoisotopic (exact) mass is 232 g/mol. The lowest BCUT2D eigenvalue weighted by atomic mass is 9.68. The Bertz CT molecular complexity index is 385. The summed E-state index contributed by atoms with van der Waals surface area (Å²) in [6, 6.07) is 6.73. The fraction of sp³-hybridized carbons (Fsp3) is 0.600. The Morgan fingerprint density at radius 2 is 1.76 bits per heavy atom. The van der Waals surface area contributed by atoms with E-state index in [9.17, 15) is 0 Å². The molecule has 94 valence electrons. The average Bonchev–Trinajstić information content (AvgIpc) is 2.22. The molecular weight excluding hydrogens is 208 g/mol. The van der Waals surface area contributed by atoms with Gasteiger partial charge in [0, 0.05) is 19.3 Å². The second-order valence-corrected chi connectivity index (χ2v) is 5.85. The number of benzene rings is 1.